The summed E-state index contributed by atoms with van der Waals surface area (Å²) in [5.41, 5.74) is 0. The van der Waals surface area contributed by atoms with Gasteiger partial charge < -0.3 is 19.1 Å². The fourth-order valence-electron chi connectivity index (χ4n) is 2.56. The van der Waals surface area contributed by atoms with E-state index in [0.29, 0.717) is 30.2 Å². The zero-order chi connectivity index (χ0) is 14.7. The van der Waals surface area contributed by atoms with Crippen LogP contribution < -0.4 is 9.64 Å². The lowest BCUT2D eigenvalue weighted by atomic mass is 10.2. The standard InChI is InChI=1S/C14H20ClN3O3/c1-10-9-20-7-4-18(10)14-16-12(15)8-13(17-14)21-11-2-5-19-6-3-11/h8,10-11H,2-7,9H2,1H3. The quantitative estimate of drug-likeness (QED) is 0.795. The van der Waals surface area contributed by atoms with Gasteiger partial charge in [0.05, 0.1) is 32.5 Å². The van der Waals surface area contributed by atoms with Gasteiger partial charge in [0.25, 0.3) is 0 Å². The molecule has 2 aliphatic rings. The molecule has 0 amide bonds. The molecule has 0 aromatic carbocycles. The number of hydrogen-bond acceptors (Lipinski definition) is 6. The smallest absolute Gasteiger partial charge is 0.230 e. The zero-order valence-electron chi connectivity index (χ0n) is 12.1. The molecule has 0 bridgehead atoms. The van der Waals surface area contributed by atoms with Crippen molar-refractivity contribution in [1.29, 1.82) is 0 Å². The molecule has 2 aliphatic heterocycles. The molecule has 0 radical (unpaired) electrons. The van der Waals surface area contributed by atoms with Gasteiger partial charge in [0, 0.05) is 25.5 Å². The summed E-state index contributed by atoms with van der Waals surface area (Å²) < 4.78 is 16.7. The Hall–Kier alpha value is -1.11. The monoisotopic (exact) mass is 313 g/mol. The molecule has 0 spiro atoms. The summed E-state index contributed by atoms with van der Waals surface area (Å²) in [6.45, 7) is 5.66. The molecule has 1 atom stereocenters. The van der Waals surface area contributed by atoms with Crippen LogP contribution in [-0.2, 0) is 9.47 Å². The first kappa shape index (κ1) is 14.8. The third-order valence-electron chi connectivity index (χ3n) is 3.74. The van der Waals surface area contributed by atoms with Crippen molar-refractivity contribution in [2.75, 3.05) is 37.9 Å². The van der Waals surface area contributed by atoms with Crippen molar-refractivity contribution in [2.45, 2.75) is 31.9 Å². The third-order valence-corrected chi connectivity index (χ3v) is 3.93. The summed E-state index contributed by atoms with van der Waals surface area (Å²) in [6.07, 6.45) is 1.90. The maximum Gasteiger partial charge on any atom is 0.230 e. The van der Waals surface area contributed by atoms with Gasteiger partial charge in [-0.05, 0) is 6.92 Å². The van der Waals surface area contributed by atoms with E-state index in [4.69, 9.17) is 25.8 Å². The molecule has 1 unspecified atom stereocenters. The highest BCUT2D eigenvalue weighted by atomic mass is 35.5. The third kappa shape index (κ3) is 3.75. The molecule has 0 N–H and O–H groups in total. The number of nitrogens with zero attached hydrogens (tertiary/aromatic N) is 3. The van der Waals surface area contributed by atoms with E-state index in [1.165, 1.54) is 0 Å². The first-order valence-corrected chi connectivity index (χ1v) is 7.73. The lowest BCUT2D eigenvalue weighted by molar-refractivity contribution is 0.0237. The molecule has 2 saturated heterocycles. The fraction of sp³-hybridized carbons (Fsp3) is 0.714. The summed E-state index contributed by atoms with van der Waals surface area (Å²) in [6, 6.07) is 1.90. The van der Waals surface area contributed by atoms with E-state index >= 15 is 0 Å². The second-order valence-electron chi connectivity index (χ2n) is 5.38. The average Bonchev–Trinajstić information content (AvgIpc) is 2.48. The van der Waals surface area contributed by atoms with Gasteiger partial charge in [-0.15, -0.1) is 0 Å². The summed E-state index contributed by atoms with van der Waals surface area (Å²) in [5.74, 6) is 1.15. The second kappa shape index (κ2) is 6.77. The Morgan fingerprint density at radius 2 is 2.05 bits per heavy atom. The maximum absolute atomic E-state index is 6.12. The predicted molar refractivity (Wildman–Crippen MR) is 79.1 cm³/mol. The number of hydrogen-bond donors (Lipinski definition) is 0. The van der Waals surface area contributed by atoms with E-state index in [9.17, 15) is 0 Å². The van der Waals surface area contributed by atoms with Gasteiger partial charge in [0.2, 0.25) is 11.8 Å². The minimum Gasteiger partial charge on any atom is -0.474 e. The van der Waals surface area contributed by atoms with Crippen molar-refractivity contribution in [3.8, 4) is 5.88 Å². The maximum atomic E-state index is 6.12. The fourth-order valence-corrected chi connectivity index (χ4v) is 2.73. The molecule has 1 aromatic rings. The zero-order valence-corrected chi connectivity index (χ0v) is 12.9. The average molecular weight is 314 g/mol. The molecule has 1 aromatic heterocycles. The number of aromatic nitrogens is 2. The highest BCUT2D eigenvalue weighted by Gasteiger charge is 2.23. The van der Waals surface area contributed by atoms with Gasteiger partial charge in [-0.2, -0.15) is 4.98 Å². The second-order valence-corrected chi connectivity index (χ2v) is 5.76. The van der Waals surface area contributed by atoms with Gasteiger partial charge in [-0.25, -0.2) is 4.98 Å². The van der Waals surface area contributed by atoms with Crippen LogP contribution in [0.2, 0.25) is 5.15 Å². The van der Waals surface area contributed by atoms with Gasteiger partial charge >= 0.3 is 0 Å². The molecule has 116 valence electrons. The number of ether oxygens (including phenoxy) is 3. The summed E-state index contributed by atoms with van der Waals surface area (Å²) in [4.78, 5) is 10.9. The molecule has 2 fully saturated rings. The molecule has 7 heteroatoms. The molecule has 0 saturated carbocycles. The molecule has 3 rings (SSSR count). The van der Waals surface area contributed by atoms with E-state index in [1.807, 2.05) is 0 Å². The summed E-state index contributed by atoms with van der Waals surface area (Å²) in [5, 5.41) is 0.403. The molecule has 21 heavy (non-hydrogen) atoms. The molecule has 3 heterocycles. The SMILES string of the molecule is CC1COCCN1c1nc(Cl)cc(OC2CCOCC2)n1. The Labute approximate surface area is 129 Å². The number of anilines is 1. The first-order valence-electron chi connectivity index (χ1n) is 7.36. The van der Waals surface area contributed by atoms with Crippen LogP contribution in [0.4, 0.5) is 5.95 Å². The van der Waals surface area contributed by atoms with E-state index in [0.717, 1.165) is 32.6 Å². The highest BCUT2D eigenvalue weighted by Crippen LogP contribution is 2.24. The molecular formula is C14H20ClN3O3. The van der Waals surface area contributed by atoms with Crippen LogP contribution in [0.15, 0.2) is 6.07 Å². The minimum atomic E-state index is 0.139. The Morgan fingerprint density at radius 1 is 1.24 bits per heavy atom. The molecular weight excluding hydrogens is 294 g/mol. The van der Waals surface area contributed by atoms with E-state index in [2.05, 4.69) is 21.8 Å². The predicted octanol–water partition coefficient (Wildman–Crippen LogP) is 1.91. The van der Waals surface area contributed by atoms with Crippen LogP contribution in [0.3, 0.4) is 0 Å². The van der Waals surface area contributed by atoms with Crippen molar-refractivity contribution in [3.63, 3.8) is 0 Å². The van der Waals surface area contributed by atoms with Crippen molar-refractivity contribution >= 4 is 17.5 Å². The topological polar surface area (TPSA) is 56.7 Å². The van der Waals surface area contributed by atoms with Crippen LogP contribution >= 0.6 is 11.6 Å². The van der Waals surface area contributed by atoms with Crippen molar-refractivity contribution in [3.05, 3.63) is 11.2 Å². The van der Waals surface area contributed by atoms with Crippen molar-refractivity contribution in [2.24, 2.45) is 0 Å². The van der Waals surface area contributed by atoms with Crippen LogP contribution in [0.5, 0.6) is 5.88 Å². The van der Waals surface area contributed by atoms with E-state index in [-0.39, 0.29) is 12.1 Å². The van der Waals surface area contributed by atoms with Crippen LogP contribution in [-0.4, -0.2) is 55.1 Å². The summed E-state index contributed by atoms with van der Waals surface area (Å²) in [7, 11) is 0. The van der Waals surface area contributed by atoms with Crippen molar-refractivity contribution < 1.29 is 14.2 Å². The number of halogens is 1. The first-order chi connectivity index (χ1) is 10.2. The van der Waals surface area contributed by atoms with Crippen LogP contribution in [0, 0.1) is 0 Å². The van der Waals surface area contributed by atoms with Gasteiger partial charge in [0.1, 0.15) is 11.3 Å². The lowest BCUT2D eigenvalue weighted by Gasteiger charge is -2.33. The highest BCUT2D eigenvalue weighted by molar-refractivity contribution is 6.29. The molecule has 6 nitrogen and oxygen atoms in total. The Morgan fingerprint density at radius 3 is 2.81 bits per heavy atom. The lowest BCUT2D eigenvalue weighted by Crippen LogP contribution is -2.44. The minimum absolute atomic E-state index is 0.139. The van der Waals surface area contributed by atoms with Gasteiger partial charge in [-0.3, -0.25) is 0 Å². The Kier molecular flexibility index (Phi) is 4.77. The molecule has 0 aliphatic carbocycles. The van der Waals surface area contributed by atoms with Gasteiger partial charge in [0.15, 0.2) is 0 Å². The Balaban J connectivity index is 1.75. The normalized spacial score (nSPS) is 24.1. The van der Waals surface area contributed by atoms with Crippen LogP contribution in [0.25, 0.3) is 0 Å². The van der Waals surface area contributed by atoms with Gasteiger partial charge in [-0.1, -0.05) is 11.6 Å². The van der Waals surface area contributed by atoms with E-state index < -0.39 is 0 Å². The van der Waals surface area contributed by atoms with E-state index in [1.54, 1.807) is 6.07 Å². The van der Waals surface area contributed by atoms with Crippen molar-refractivity contribution in [1.82, 2.24) is 9.97 Å². The summed E-state index contributed by atoms with van der Waals surface area (Å²) >= 11 is 6.12. The number of morpholine rings is 1. The van der Waals surface area contributed by atoms with Crippen LogP contribution in [0.1, 0.15) is 19.8 Å². The largest absolute Gasteiger partial charge is 0.474 e. The Bertz CT molecular complexity index is 483. The number of rotatable bonds is 3.